The summed E-state index contributed by atoms with van der Waals surface area (Å²) in [4.78, 5) is 0. The van der Waals surface area contributed by atoms with E-state index in [-0.39, 0.29) is 29.7 Å². The summed E-state index contributed by atoms with van der Waals surface area (Å²) in [5.74, 6) is 0. The predicted octanol–water partition coefficient (Wildman–Crippen LogP) is 2.75. The molecule has 0 aromatic heterocycles. The standard InChI is InChI=1S/C20H25.Li/c1-19(2,3)17-11-7-15(8-12-17)16-9-13-18(14-10-16)20(4,5)6;/h7-9,11-14H,1-6H3;/q-1;+1. The molecular formula is C20H25Li. The van der Waals surface area contributed by atoms with Gasteiger partial charge in [0.2, 0.25) is 0 Å². The average Bonchev–Trinajstić information content (AvgIpc) is 2.37. The van der Waals surface area contributed by atoms with Crippen LogP contribution in [-0.2, 0) is 10.8 Å². The Hall–Kier alpha value is -0.963. The van der Waals surface area contributed by atoms with E-state index in [1.807, 2.05) is 0 Å². The molecule has 0 nitrogen and oxygen atoms in total. The Bertz CT molecular complexity index is 508. The third kappa shape index (κ3) is 4.50. The Labute approximate surface area is 142 Å². The molecule has 0 saturated carbocycles. The monoisotopic (exact) mass is 272 g/mol. The Kier molecular flexibility index (Phi) is 5.54. The van der Waals surface area contributed by atoms with Gasteiger partial charge in [-0.1, -0.05) is 71.4 Å². The Morgan fingerprint density at radius 2 is 1.14 bits per heavy atom. The van der Waals surface area contributed by atoms with Gasteiger partial charge in [0, 0.05) is 0 Å². The number of rotatable bonds is 1. The van der Waals surface area contributed by atoms with Gasteiger partial charge in [-0.15, -0.1) is 35.4 Å². The van der Waals surface area contributed by atoms with E-state index in [2.05, 4.69) is 90.1 Å². The Balaban J connectivity index is 0.00000220. The van der Waals surface area contributed by atoms with Crippen LogP contribution in [0.2, 0.25) is 0 Å². The maximum atomic E-state index is 3.42. The van der Waals surface area contributed by atoms with Crippen LogP contribution >= 0.6 is 0 Å². The maximum Gasteiger partial charge on any atom is 1.00 e. The molecular weight excluding hydrogens is 247 g/mol. The van der Waals surface area contributed by atoms with Crippen molar-refractivity contribution in [2.24, 2.45) is 0 Å². The minimum Gasteiger partial charge on any atom is -0.144 e. The van der Waals surface area contributed by atoms with Gasteiger partial charge in [-0.3, -0.25) is 0 Å². The molecule has 2 aromatic carbocycles. The zero-order valence-electron chi connectivity index (χ0n) is 14.5. The minimum absolute atomic E-state index is 0. The van der Waals surface area contributed by atoms with E-state index in [1.54, 1.807) is 0 Å². The van der Waals surface area contributed by atoms with Crippen molar-refractivity contribution in [2.45, 2.75) is 52.4 Å². The molecule has 0 heterocycles. The van der Waals surface area contributed by atoms with Gasteiger partial charge in [-0.05, 0) is 16.4 Å². The van der Waals surface area contributed by atoms with Crippen molar-refractivity contribution in [3.8, 4) is 11.1 Å². The molecule has 0 aliphatic heterocycles. The van der Waals surface area contributed by atoms with Crippen molar-refractivity contribution in [2.75, 3.05) is 0 Å². The SMILES string of the molecule is CC(C)(C)c1c[c-]c(-c2ccc(C(C)(C)C)cc2)cc1.[Li+]. The van der Waals surface area contributed by atoms with Gasteiger partial charge in [0.25, 0.3) is 0 Å². The van der Waals surface area contributed by atoms with Gasteiger partial charge in [-0.2, -0.15) is 0 Å². The van der Waals surface area contributed by atoms with E-state index < -0.39 is 0 Å². The molecule has 2 aromatic rings. The normalized spacial score (nSPS) is 11.9. The van der Waals surface area contributed by atoms with E-state index in [0.717, 1.165) is 0 Å². The van der Waals surface area contributed by atoms with Crippen LogP contribution in [0.25, 0.3) is 11.1 Å². The van der Waals surface area contributed by atoms with Crippen LogP contribution in [0.3, 0.4) is 0 Å². The van der Waals surface area contributed by atoms with E-state index in [9.17, 15) is 0 Å². The van der Waals surface area contributed by atoms with E-state index in [0.29, 0.717) is 0 Å². The van der Waals surface area contributed by atoms with Crippen molar-refractivity contribution >= 4 is 0 Å². The second kappa shape index (κ2) is 6.43. The summed E-state index contributed by atoms with van der Waals surface area (Å²) >= 11 is 0. The van der Waals surface area contributed by atoms with Crippen LogP contribution in [0.4, 0.5) is 0 Å². The molecule has 2 rings (SSSR count). The molecule has 0 fully saturated rings. The summed E-state index contributed by atoms with van der Waals surface area (Å²) in [6.45, 7) is 13.4. The Morgan fingerprint density at radius 3 is 1.52 bits per heavy atom. The maximum absolute atomic E-state index is 3.42. The van der Waals surface area contributed by atoms with Crippen LogP contribution in [0.15, 0.2) is 42.5 Å². The molecule has 21 heavy (non-hydrogen) atoms. The second-order valence-electron chi connectivity index (χ2n) is 7.57. The van der Waals surface area contributed by atoms with Crippen LogP contribution < -0.4 is 18.9 Å². The van der Waals surface area contributed by atoms with E-state index >= 15 is 0 Å². The molecule has 0 saturated heterocycles. The molecule has 106 valence electrons. The van der Waals surface area contributed by atoms with E-state index in [1.165, 1.54) is 22.3 Å². The molecule has 0 bridgehead atoms. The van der Waals surface area contributed by atoms with Crippen LogP contribution in [0, 0.1) is 6.07 Å². The summed E-state index contributed by atoms with van der Waals surface area (Å²) in [6, 6.07) is 18.8. The molecule has 0 atom stereocenters. The van der Waals surface area contributed by atoms with Crippen molar-refractivity contribution in [3.63, 3.8) is 0 Å². The van der Waals surface area contributed by atoms with Gasteiger partial charge in [0.15, 0.2) is 0 Å². The topological polar surface area (TPSA) is 0 Å². The first-order chi connectivity index (χ1) is 9.18. The number of benzene rings is 2. The zero-order chi connectivity index (χ0) is 15.0. The molecule has 0 spiro atoms. The van der Waals surface area contributed by atoms with Gasteiger partial charge in [-0.25, -0.2) is 0 Å². The smallest absolute Gasteiger partial charge is 0.144 e. The number of hydrogen-bond donors (Lipinski definition) is 0. The fourth-order valence-electron chi connectivity index (χ4n) is 2.22. The van der Waals surface area contributed by atoms with Gasteiger partial charge >= 0.3 is 18.9 Å². The summed E-state index contributed by atoms with van der Waals surface area (Å²) in [7, 11) is 0. The second-order valence-corrected chi connectivity index (χ2v) is 7.57. The van der Waals surface area contributed by atoms with Gasteiger partial charge in [0.05, 0.1) is 0 Å². The average molecular weight is 272 g/mol. The summed E-state index contributed by atoms with van der Waals surface area (Å²) in [5, 5.41) is 0. The molecule has 0 radical (unpaired) electrons. The van der Waals surface area contributed by atoms with Crippen molar-refractivity contribution in [1.29, 1.82) is 0 Å². The van der Waals surface area contributed by atoms with E-state index in [4.69, 9.17) is 0 Å². The molecule has 0 amide bonds. The summed E-state index contributed by atoms with van der Waals surface area (Å²) in [5.41, 5.74) is 5.49. The van der Waals surface area contributed by atoms with Gasteiger partial charge in [0.1, 0.15) is 0 Å². The van der Waals surface area contributed by atoms with Crippen molar-refractivity contribution in [1.82, 2.24) is 0 Å². The largest absolute Gasteiger partial charge is 1.00 e. The third-order valence-electron chi connectivity index (χ3n) is 3.74. The quantitative estimate of drug-likeness (QED) is 0.553. The first-order valence-corrected chi connectivity index (χ1v) is 7.31. The fraction of sp³-hybridized carbons (Fsp3) is 0.400. The molecule has 1 heteroatoms. The minimum atomic E-state index is 0. The fourth-order valence-corrected chi connectivity index (χ4v) is 2.22. The first-order valence-electron chi connectivity index (χ1n) is 7.31. The molecule has 0 aliphatic carbocycles. The first kappa shape index (κ1) is 18.1. The van der Waals surface area contributed by atoms with Crippen LogP contribution in [0.1, 0.15) is 52.7 Å². The van der Waals surface area contributed by atoms with Crippen molar-refractivity contribution in [3.05, 3.63) is 59.7 Å². The van der Waals surface area contributed by atoms with Gasteiger partial charge < -0.3 is 0 Å². The molecule has 0 N–H and O–H groups in total. The summed E-state index contributed by atoms with van der Waals surface area (Å²) < 4.78 is 0. The van der Waals surface area contributed by atoms with Crippen LogP contribution in [0.5, 0.6) is 0 Å². The molecule has 0 unspecified atom stereocenters. The Morgan fingerprint density at radius 1 is 0.667 bits per heavy atom. The molecule has 0 aliphatic rings. The van der Waals surface area contributed by atoms with Crippen LogP contribution in [-0.4, -0.2) is 0 Å². The predicted molar refractivity (Wildman–Crippen MR) is 88.1 cm³/mol. The third-order valence-corrected chi connectivity index (χ3v) is 3.74. The zero-order valence-corrected chi connectivity index (χ0v) is 14.5. The summed E-state index contributed by atoms with van der Waals surface area (Å²) in [6.07, 6.45) is 0. The number of hydrogen-bond acceptors (Lipinski definition) is 0. The van der Waals surface area contributed by atoms with Crippen molar-refractivity contribution < 1.29 is 18.9 Å².